The van der Waals surface area contributed by atoms with Crippen LogP contribution in [-0.2, 0) is 23.6 Å². The number of halogens is 8. The number of alkyl halides is 6. The fourth-order valence-electron chi connectivity index (χ4n) is 2.92. The highest BCUT2D eigenvalue weighted by Gasteiger charge is 2.36. The predicted octanol–water partition coefficient (Wildman–Crippen LogP) is 7.36. The van der Waals surface area contributed by atoms with Crippen molar-refractivity contribution in [3.8, 4) is 0 Å². The third kappa shape index (κ3) is 6.22. The summed E-state index contributed by atoms with van der Waals surface area (Å²) in [5.74, 6) is -0.717. The zero-order chi connectivity index (χ0) is 22.7. The highest BCUT2D eigenvalue weighted by Crippen LogP contribution is 2.37. The number of aryl methyl sites for hydroxylation is 1. The van der Waals surface area contributed by atoms with E-state index in [-0.39, 0.29) is 46.6 Å². The monoisotopic (exact) mass is 469 g/mol. The summed E-state index contributed by atoms with van der Waals surface area (Å²) in [6.45, 7) is 0. The van der Waals surface area contributed by atoms with Crippen LogP contribution in [-0.4, -0.2) is 12.0 Å². The summed E-state index contributed by atoms with van der Waals surface area (Å²) in [4.78, 5) is 11.0. The molecule has 2 nitrogen and oxygen atoms in total. The van der Waals surface area contributed by atoms with Gasteiger partial charge in [-0.2, -0.15) is 26.3 Å². The molecule has 0 radical (unpaired) electrons. The van der Waals surface area contributed by atoms with E-state index >= 15 is 0 Å². The van der Waals surface area contributed by atoms with Crippen LogP contribution in [0.4, 0.5) is 26.3 Å². The van der Waals surface area contributed by atoms with Crippen molar-refractivity contribution < 1.29 is 31.1 Å². The highest BCUT2D eigenvalue weighted by molar-refractivity contribution is 6.42. The van der Waals surface area contributed by atoms with Crippen molar-refractivity contribution in [2.24, 2.45) is 0 Å². The fraction of sp³-hybridized carbons (Fsp3) is 0.300. The molecule has 0 aromatic heterocycles. The fourth-order valence-corrected chi connectivity index (χ4v) is 3.23. The third-order valence-corrected chi connectivity index (χ3v) is 5.17. The molecular formula is C20H15Cl2F6NO. The minimum Gasteiger partial charge on any atom is -0.309 e. The SMILES string of the molecule is N=C(CCc1cc(C(F)(F)F)cc(C(F)(F)F)c1)C(CC=O)c1ccc(Cl)c(Cl)c1. The lowest BCUT2D eigenvalue weighted by Crippen LogP contribution is -2.15. The standard InChI is InChI=1S/C20H15Cl2F6NO/c21-16-3-2-12(9-17(16)22)15(5-6-30)18(29)4-1-11-7-13(19(23,24)25)10-14(8-11)20(26,27)28/h2-3,6-10,15,29H,1,4-5H2. The molecule has 2 aromatic rings. The lowest BCUT2D eigenvalue weighted by Gasteiger charge is -2.18. The molecule has 0 fully saturated rings. The lowest BCUT2D eigenvalue weighted by atomic mass is 9.88. The van der Waals surface area contributed by atoms with E-state index in [0.29, 0.717) is 24.0 Å². The van der Waals surface area contributed by atoms with E-state index in [0.717, 1.165) is 0 Å². The molecule has 0 heterocycles. The first-order valence-electron chi connectivity index (χ1n) is 8.57. The molecule has 0 aliphatic heterocycles. The molecule has 10 heteroatoms. The zero-order valence-electron chi connectivity index (χ0n) is 15.2. The predicted molar refractivity (Wildman–Crippen MR) is 102 cm³/mol. The Balaban J connectivity index is 2.28. The maximum atomic E-state index is 13.0. The molecular weight excluding hydrogens is 455 g/mol. The van der Waals surface area contributed by atoms with Crippen molar-refractivity contribution in [1.29, 1.82) is 5.41 Å². The number of aldehydes is 1. The van der Waals surface area contributed by atoms with Crippen molar-refractivity contribution >= 4 is 35.2 Å². The van der Waals surface area contributed by atoms with Gasteiger partial charge in [-0.15, -0.1) is 0 Å². The molecule has 1 unspecified atom stereocenters. The van der Waals surface area contributed by atoms with Gasteiger partial charge < -0.3 is 10.2 Å². The van der Waals surface area contributed by atoms with E-state index in [1.807, 2.05) is 0 Å². The number of benzene rings is 2. The van der Waals surface area contributed by atoms with Gasteiger partial charge in [0.1, 0.15) is 6.29 Å². The van der Waals surface area contributed by atoms with Crippen molar-refractivity contribution in [1.82, 2.24) is 0 Å². The Morgan fingerprint density at radius 3 is 1.97 bits per heavy atom. The number of rotatable bonds is 7. The second kappa shape index (κ2) is 9.39. The molecule has 0 aliphatic rings. The van der Waals surface area contributed by atoms with Gasteiger partial charge in [-0.3, -0.25) is 0 Å². The van der Waals surface area contributed by atoms with Crippen LogP contribution >= 0.6 is 23.2 Å². The van der Waals surface area contributed by atoms with Crippen molar-refractivity contribution in [2.75, 3.05) is 0 Å². The maximum absolute atomic E-state index is 13.0. The van der Waals surface area contributed by atoms with Gasteiger partial charge in [0.25, 0.3) is 0 Å². The normalized spacial score (nSPS) is 13.2. The van der Waals surface area contributed by atoms with E-state index in [4.69, 9.17) is 28.6 Å². The molecule has 0 saturated carbocycles. The average Bonchev–Trinajstić information content (AvgIpc) is 2.65. The Labute approximate surface area is 178 Å². The van der Waals surface area contributed by atoms with Crippen molar-refractivity contribution in [3.63, 3.8) is 0 Å². The zero-order valence-corrected chi connectivity index (χ0v) is 16.7. The first-order chi connectivity index (χ1) is 13.8. The summed E-state index contributed by atoms with van der Waals surface area (Å²) in [7, 11) is 0. The van der Waals surface area contributed by atoms with E-state index in [2.05, 4.69) is 0 Å². The van der Waals surface area contributed by atoms with Gasteiger partial charge in [-0.05, 0) is 54.3 Å². The second-order valence-electron chi connectivity index (χ2n) is 6.57. The number of hydrogen-bond donors (Lipinski definition) is 1. The van der Waals surface area contributed by atoms with Crippen LogP contribution in [0, 0.1) is 5.41 Å². The molecule has 0 amide bonds. The number of hydrogen-bond acceptors (Lipinski definition) is 2. The van der Waals surface area contributed by atoms with Crippen LogP contribution in [0.5, 0.6) is 0 Å². The van der Waals surface area contributed by atoms with Crippen molar-refractivity contribution in [3.05, 3.63) is 68.7 Å². The Kier molecular flexibility index (Phi) is 7.58. The highest BCUT2D eigenvalue weighted by atomic mass is 35.5. The van der Waals surface area contributed by atoms with E-state index < -0.39 is 29.4 Å². The molecule has 0 saturated heterocycles. The van der Waals surface area contributed by atoms with Gasteiger partial charge in [-0.25, -0.2) is 0 Å². The van der Waals surface area contributed by atoms with Crippen LogP contribution in [0.25, 0.3) is 0 Å². The molecule has 162 valence electrons. The van der Waals surface area contributed by atoms with Crippen LogP contribution in [0.1, 0.15) is 41.0 Å². The summed E-state index contributed by atoms with van der Waals surface area (Å²) in [6.07, 6.45) is -9.77. The quantitative estimate of drug-likeness (QED) is 0.257. The summed E-state index contributed by atoms with van der Waals surface area (Å²) in [6, 6.07) is 5.83. The number of nitrogens with one attached hydrogen (secondary N) is 1. The first kappa shape index (κ1) is 24.2. The lowest BCUT2D eigenvalue weighted by molar-refractivity contribution is -0.143. The molecule has 2 aromatic carbocycles. The maximum Gasteiger partial charge on any atom is 0.416 e. The Hall–Kier alpha value is -2.06. The summed E-state index contributed by atoms with van der Waals surface area (Å²) >= 11 is 11.8. The Bertz CT molecular complexity index is 908. The van der Waals surface area contributed by atoms with Crippen LogP contribution in [0.2, 0.25) is 10.0 Å². The smallest absolute Gasteiger partial charge is 0.309 e. The van der Waals surface area contributed by atoms with Gasteiger partial charge in [0, 0.05) is 18.1 Å². The van der Waals surface area contributed by atoms with Gasteiger partial charge in [0.15, 0.2) is 0 Å². The van der Waals surface area contributed by atoms with E-state index in [9.17, 15) is 31.1 Å². The molecule has 0 spiro atoms. The Morgan fingerprint density at radius 2 is 1.50 bits per heavy atom. The van der Waals surface area contributed by atoms with Crippen LogP contribution in [0.3, 0.4) is 0 Å². The molecule has 30 heavy (non-hydrogen) atoms. The van der Waals surface area contributed by atoms with Crippen LogP contribution in [0.15, 0.2) is 36.4 Å². The van der Waals surface area contributed by atoms with Gasteiger partial charge in [0.2, 0.25) is 0 Å². The van der Waals surface area contributed by atoms with E-state index in [1.165, 1.54) is 12.1 Å². The molecule has 0 aliphatic carbocycles. The molecule has 0 bridgehead atoms. The third-order valence-electron chi connectivity index (χ3n) is 4.43. The summed E-state index contributed by atoms with van der Waals surface area (Å²) in [5.41, 5.74) is -2.55. The summed E-state index contributed by atoms with van der Waals surface area (Å²) < 4.78 is 77.9. The van der Waals surface area contributed by atoms with Crippen molar-refractivity contribution in [2.45, 2.75) is 37.5 Å². The van der Waals surface area contributed by atoms with Crippen LogP contribution < -0.4 is 0 Å². The second-order valence-corrected chi connectivity index (χ2v) is 7.38. The Morgan fingerprint density at radius 1 is 0.933 bits per heavy atom. The molecule has 1 N–H and O–H groups in total. The average molecular weight is 470 g/mol. The van der Waals surface area contributed by atoms with Gasteiger partial charge in [0.05, 0.1) is 21.2 Å². The topological polar surface area (TPSA) is 40.9 Å². The largest absolute Gasteiger partial charge is 0.416 e. The minimum absolute atomic E-state index is 0.0218. The molecule has 2 rings (SSSR count). The minimum atomic E-state index is -4.94. The van der Waals surface area contributed by atoms with Gasteiger partial charge >= 0.3 is 12.4 Å². The first-order valence-corrected chi connectivity index (χ1v) is 9.32. The number of carbonyl (C=O) groups is 1. The van der Waals surface area contributed by atoms with Gasteiger partial charge in [-0.1, -0.05) is 29.3 Å². The number of carbonyl (C=O) groups excluding carboxylic acids is 1. The summed E-state index contributed by atoms with van der Waals surface area (Å²) in [5, 5.41) is 8.70. The van der Waals surface area contributed by atoms with E-state index in [1.54, 1.807) is 6.07 Å². The molecule has 1 atom stereocenters.